The Morgan fingerprint density at radius 3 is 2.43 bits per heavy atom. The average molecular weight is 282 g/mol. The maximum Gasteiger partial charge on any atom is 0.166 e. The van der Waals surface area contributed by atoms with E-state index in [-0.39, 0.29) is 11.9 Å². The Balaban J connectivity index is 2.09. The molecule has 2 nitrogen and oxygen atoms in total. The third kappa shape index (κ3) is 4.19. The minimum atomic E-state index is 0.0651. The molecule has 0 aliphatic heterocycles. The molecule has 2 heteroatoms. The second-order valence-corrected chi connectivity index (χ2v) is 5.51. The number of carbonyl (C=O) groups excluding carboxylic acids is 1. The monoisotopic (exact) mass is 282 g/mol. The lowest BCUT2D eigenvalue weighted by atomic mass is 9.99. The van der Waals surface area contributed by atoms with Crippen molar-refractivity contribution in [2.75, 3.05) is 0 Å². The molecule has 0 N–H and O–H groups in total. The standard InChI is InChI=1S/C19H22O2/c1-14(2)21-19-11-7-6-10-17(19)18(20)13-12-16-9-5-4-8-15(16)3/h4-11,14H,12-13H2,1-3H3. The van der Waals surface area contributed by atoms with Gasteiger partial charge in [-0.3, -0.25) is 4.79 Å². The maximum absolute atomic E-state index is 12.5. The molecule has 0 bridgehead atoms. The van der Waals surface area contributed by atoms with Crippen molar-refractivity contribution < 1.29 is 9.53 Å². The van der Waals surface area contributed by atoms with Gasteiger partial charge < -0.3 is 4.74 Å². The molecule has 0 aromatic heterocycles. The second-order valence-electron chi connectivity index (χ2n) is 5.51. The molecule has 110 valence electrons. The molecule has 2 rings (SSSR count). The van der Waals surface area contributed by atoms with Gasteiger partial charge in [-0.05, 0) is 50.5 Å². The summed E-state index contributed by atoms with van der Waals surface area (Å²) in [6.45, 7) is 6.01. The number of benzene rings is 2. The van der Waals surface area contributed by atoms with Crippen LogP contribution in [0.3, 0.4) is 0 Å². The van der Waals surface area contributed by atoms with Gasteiger partial charge in [0.1, 0.15) is 5.75 Å². The molecule has 0 unspecified atom stereocenters. The van der Waals surface area contributed by atoms with Crippen LogP contribution in [0.25, 0.3) is 0 Å². The Kier molecular flexibility index (Phi) is 5.15. The molecular formula is C19H22O2. The van der Waals surface area contributed by atoms with Crippen LogP contribution in [-0.4, -0.2) is 11.9 Å². The SMILES string of the molecule is Cc1ccccc1CCC(=O)c1ccccc1OC(C)C. The smallest absolute Gasteiger partial charge is 0.166 e. The summed E-state index contributed by atoms with van der Waals surface area (Å²) < 4.78 is 5.72. The lowest BCUT2D eigenvalue weighted by Crippen LogP contribution is -2.10. The van der Waals surface area contributed by atoms with E-state index in [1.807, 2.05) is 50.2 Å². The summed E-state index contributed by atoms with van der Waals surface area (Å²) in [5.41, 5.74) is 3.14. The summed E-state index contributed by atoms with van der Waals surface area (Å²) in [5, 5.41) is 0. The number of aryl methyl sites for hydroxylation is 2. The fourth-order valence-corrected chi connectivity index (χ4v) is 2.33. The Hall–Kier alpha value is -2.09. The van der Waals surface area contributed by atoms with Gasteiger partial charge in [0.2, 0.25) is 0 Å². The quantitative estimate of drug-likeness (QED) is 0.724. The van der Waals surface area contributed by atoms with Crippen molar-refractivity contribution >= 4 is 5.78 Å². The summed E-state index contributed by atoms with van der Waals surface area (Å²) >= 11 is 0. The van der Waals surface area contributed by atoms with E-state index >= 15 is 0 Å². The fourth-order valence-electron chi connectivity index (χ4n) is 2.33. The summed E-state index contributed by atoms with van der Waals surface area (Å²) in [6.07, 6.45) is 1.33. The molecule has 0 amide bonds. The van der Waals surface area contributed by atoms with Gasteiger partial charge >= 0.3 is 0 Å². The normalized spacial score (nSPS) is 10.7. The molecule has 0 saturated carbocycles. The van der Waals surface area contributed by atoms with Gasteiger partial charge in [-0.2, -0.15) is 0 Å². The number of carbonyl (C=O) groups is 1. The van der Waals surface area contributed by atoms with Crippen molar-refractivity contribution in [2.24, 2.45) is 0 Å². The van der Waals surface area contributed by atoms with E-state index in [9.17, 15) is 4.79 Å². The van der Waals surface area contributed by atoms with Crippen molar-refractivity contribution in [1.82, 2.24) is 0 Å². The van der Waals surface area contributed by atoms with Crippen LogP contribution in [0.4, 0.5) is 0 Å². The van der Waals surface area contributed by atoms with Gasteiger partial charge in [0.25, 0.3) is 0 Å². The number of para-hydroxylation sites is 1. The van der Waals surface area contributed by atoms with E-state index in [1.165, 1.54) is 11.1 Å². The van der Waals surface area contributed by atoms with Gasteiger partial charge in [0, 0.05) is 6.42 Å². The topological polar surface area (TPSA) is 26.3 Å². The molecule has 2 aromatic rings. The van der Waals surface area contributed by atoms with E-state index in [1.54, 1.807) is 0 Å². The summed E-state index contributed by atoms with van der Waals surface area (Å²) in [5.74, 6) is 0.816. The van der Waals surface area contributed by atoms with Crippen LogP contribution in [0.2, 0.25) is 0 Å². The highest BCUT2D eigenvalue weighted by atomic mass is 16.5. The molecule has 0 heterocycles. The lowest BCUT2D eigenvalue weighted by molar-refractivity contribution is 0.0977. The number of ketones is 1. The van der Waals surface area contributed by atoms with Crippen LogP contribution in [0, 0.1) is 6.92 Å². The third-order valence-electron chi connectivity index (χ3n) is 3.43. The highest BCUT2D eigenvalue weighted by Gasteiger charge is 2.13. The first-order chi connectivity index (χ1) is 10.1. The Labute approximate surface area is 126 Å². The van der Waals surface area contributed by atoms with Crippen LogP contribution in [0.15, 0.2) is 48.5 Å². The maximum atomic E-state index is 12.5. The van der Waals surface area contributed by atoms with Crippen molar-refractivity contribution in [1.29, 1.82) is 0 Å². The highest BCUT2D eigenvalue weighted by Crippen LogP contribution is 2.22. The predicted molar refractivity (Wildman–Crippen MR) is 86.0 cm³/mol. The Morgan fingerprint density at radius 1 is 1.05 bits per heavy atom. The predicted octanol–water partition coefficient (Wildman–Crippen LogP) is 4.60. The van der Waals surface area contributed by atoms with Crippen LogP contribution in [0.5, 0.6) is 5.75 Å². The zero-order valence-electron chi connectivity index (χ0n) is 12.9. The highest BCUT2D eigenvalue weighted by molar-refractivity contribution is 5.98. The van der Waals surface area contributed by atoms with Gasteiger partial charge in [-0.25, -0.2) is 0 Å². The average Bonchev–Trinajstić information content (AvgIpc) is 2.46. The van der Waals surface area contributed by atoms with Crippen molar-refractivity contribution in [3.8, 4) is 5.75 Å². The molecule has 0 spiro atoms. The van der Waals surface area contributed by atoms with E-state index in [0.717, 1.165) is 6.42 Å². The van der Waals surface area contributed by atoms with E-state index in [2.05, 4.69) is 19.1 Å². The first-order valence-corrected chi connectivity index (χ1v) is 7.41. The van der Waals surface area contributed by atoms with Crippen molar-refractivity contribution in [3.63, 3.8) is 0 Å². The van der Waals surface area contributed by atoms with E-state index in [4.69, 9.17) is 4.74 Å². The zero-order valence-corrected chi connectivity index (χ0v) is 12.9. The first kappa shape index (κ1) is 15.3. The molecule has 0 aliphatic carbocycles. The minimum absolute atomic E-state index is 0.0651. The van der Waals surface area contributed by atoms with Crippen LogP contribution in [0.1, 0.15) is 41.8 Å². The Bertz CT molecular complexity index is 614. The van der Waals surface area contributed by atoms with Crippen LogP contribution >= 0.6 is 0 Å². The molecule has 0 atom stereocenters. The molecular weight excluding hydrogens is 260 g/mol. The van der Waals surface area contributed by atoms with Crippen LogP contribution < -0.4 is 4.74 Å². The third-order valence-corrected chi connectivity index (χ3v) is 3.43. The second kappa shape index (κ2) is 7.07. The van der Waals surface area contributed by atoms with Gasteiger partial charge in [0.15, 0.2) is 5.78 Å². The molecule has 2 aromatic carbocycles. The number of hydrogen-bond acceptors (Lipinski definition) is 2. The summed E-state index contributed by atoms with van der Waals surface area (Å²) in [4.78, 5) is 12.5. The Morgan fingerprint density at radius 2 is 1.71 bits per heavy atom. The number of ether oxygens (including phenoxy) is 1. The van der Waals surface area contributed by atoms with Gasteiger partial charge in [-0.1, -0.05) is 36.4 Å². The van der Waals surface area contributed by atoms with Crippen LogP contribution in [-0.2, 0) is 6.42 Å². The van der Waals surface area contributed by atoms with Gasteiger partial charge in [0.05, 0.1) is 11.7 Å². The van der Waals surface area contributed by atoms with E-state index < -0.39 is 0 Å². The number of hydrogen-bond donors (Lipinski definition) is 0. The number of Topliss-reactive ketones (excluding diaryl/α,β-unsaturated/α-hetero) is 1. The largest absolute Gasteiger partial charge is 0.490 e. The van der Waals surface area contributed by atoms with Gasteiger partial charge in [-0.15, -0.1) is 0 Å². The summed E-state index contributed by atoms with van der Waals surface area (Å²) in [6, 6.07) is 15.7. The molecule has 0 fully saturated rings. The molecule has 0 aliphatic rings. The van der Waals surface area contributed by atoms with Crippen molar-refractivity contribution in [2.45, 2.75) is 39.7 Å². The minimum Gasteiger partial charge on any atom is -0.490 e. The lowest BCUT2D eigenvalue weighted by Gasteiger charge is -2.13. The zero-order chi connectivity index (χ0) is 15.2. The molecule has 0 radical (unpaired) electrons. The number of rotatable bonds is 6. The molecule has 0 saturated heterocycles. The van der Waals surface area contributed by atoms with E-state index in [0.29, 0.717) is 17.7 Å². The molecule has 21 heavy (non-hydrogen) atoms. The van der Waals surface area contributed by atoms with Crippen molar-refractivity contribution in [3.05, 3.63) is 65.2 Å². The fraction of sp³-hybridized carbons (Fsp3) is 0.316. The first-order valence-electron chi connectivity index (χ1n) is 7.41. The summed E-state index contributed by atoms with van der Waals surface area (Å²) in [7, 11) is 0.